The van der Waals surface area contributed by atoms with Gasteiger partial charge in [0.05, 0.1) is 4.92 Å². The number of nitro groups is 1. The molecule has 0 heterocycles. The average Bonchev–Trinajstić information content (AvgIpc) is 2.08. The third-order valence-electron chi connectivity index (χ3n) is 1.51. The van der Waals surface area contributed by atoms with Crippen molar-refractivity contribution in [3.8, 4) is 0 Å². The molecule has 0 aromatic heterocycles. The maximum absolute atomic E-state index is 10.5. The minimum Gasteiger partial charge on any atom is -0.393 e. The molecule has 0 saturated carbocycles. The number of nitrogens with zero attached hydrogens (tertiary/aromatic N) is 1. The lowest BCUT2D eigenvalue weighted by Crippen LogP contribution is -1.95. The van der Waals surface area contributed by atoms with Crippen molar-refractivity contribution in [2.24, 2.45) is 0 Å². The lowest BCUT2D eigenvalue weighted by molar-refractivity contribution is -0.384. The van der Waals surface area contributed by atoms with Gasteiger partial charge in [0.1, 0.15) is 5.69 Å². The van der Waals surface area contributed by atoms with E-state index in [1.165, 1.54) is 6.07 Å². The van der Waals surface area contributed by atoms with E-state index < -0.39 is 4.92 Å². The van der Waals surface area contributed by atoms with Gasteiger partial charge in [-0.25, -0.2) is 0 Å². The van der Waals surface area contributed by atoms with E-state index in [1.807, 2.05) is 6.92 Å². The highest BCUT2D eigenvalue weighted by Crippen LogP contribution is 2.27. The molecule has 0 amide bonds. The highest BCUT2D eigenvalue weighted by molar-refractivity contribution is 7.99. The minimum atomic E-state index is -0.463. The SMILES string of the molecule is CCSc1ccc(N)c([N+](=O)[O-])c1. The molecule has 0 aliphatic carbocycles. The molecule has 4 nitrogen and oxygen atoms in total. The Balaban J connectivity index is 3.04. The molecule has 0 aliphatic rings. The molecule has 0 aliphatic heterocycles. The van der Waals surface area contributed by atoms with Gasteiger partial charge in [0, 0.05) is 11.0 Å². The molecular formula is C8H10N2O2S. The number of anilines is 1. The summed E-state index contributed by atoms with van der Waals surface area (Å²) in [5, 5.41) is 10.5. The fraction of sp³-hybridized carbons (Fsp3) is 0.250. The molecule has 13 heavy (non-hydrogen) atoms. The van der Waals surface area contributed by atoms with Crippen molar-refractivity contribution in [2.45, 2.75) is 11.8 Å². The van der Waals surface area contributed by atoms with Gasteiger partial charge in [0.2, 0.25) is 0 Å². The van der Waals surface area contributed by atoms with E-state index in [1.54, 1.807) is 23.9 Å². The second-order valence-electron chi connectivity index (χ2n) is 2.41. The Hall–Kier alpha value is -1.23. The van der Waals surface area contributed by atoms with E-state index in [-0.39, 0.29) is 11.4 Å². The number of nitrogens with two attached hydrogens (primary N) is 1. The van der Waals surface area contributed by atoms with E-state index in [0.717, 1.165) is 10.6 Å². The Morgan fingerprint density at radius 3 is 2.85 bits per heavy atom. The minimum absolute atomic E-state index is 0.0153. The van der Waals surface area contributed by atoms with Crippen LogP contribution in [-0.2, 0) is 0 Å². The van der Waals surface area contributed by atoms with Crippen molar-refractivity contribution in [3.05, 3.63) is 28.3 Å². The van der Waals surface area contributed by atoms with Crippen molar-refractivity contribution >= 4 is 23.1 Å². The van der Waals surface area contributed by atoms with Crippen LogP contribution in [0.3, 0.4) is 0 Å². The van der Waals surface area contributed by atoms with Crippen LogP contribution < -0.4 is 5.73 Å². The first-order valence-corrected chi connectivity index (χ1v) is 4.80. The second kappa shape index (κ2) is 4.13. The first kappa shape index (κ1) is 9.85. The fourth-order valence-corrected chi connectivity index (χ4v) is 1.63. The van der Waals surface area contributed by atoms with Crippen LogP contribution in [-0.4, -0.2) is 10.7 Å². The Kier molecular flexibility index (Phi) is 3.13. The molecule has 0 spiro atoms. The van der Waals surface area contributed by atoms with Gasteiger partial charge in [-0.05, 0) is 17.9 Å². The molecule has 0 bridgehead atoms. The van der Waals surface area contributed by atoms with Crippen LogP contribution in [0.4, 0.5) is 11.4 Å². The summed E-state index contributed by atoms with van der Waals surface area (Å²) in [6, 6.07) is 4.86. The van der Waals surface area contributed by atoms with Crippen LogP contribution in [0, 0.1) is 10.1 Å². The molecule has 5 heteroatoms. The highest BCUT2D eigenvalue weighted by atomic mass is 32.2. The molecule has 0 unspecified atom stereocenters. The Bertz CT molecular complexity index is 328. The van der Waals surface area contributed by atoms with Crippen LogP contribution in [0.2, 0.25) is 0 Å². The number of benzene rings is 1. The van der Waals surface area contributed by atoms with Crippen LogP contribution in [0.25, 0.3) is 0 Å². The molecule has 0 atom stereocenters. The summed E-state index contributed by atoms with van der Waals surface area (Å²) in [4.78, 5) is 10.9. The van der Waals surface area contributed by atoms with Gasteiger partial charge < -0.3 is 5.73 Å². The number of hydrogen-bond acceptors (Lipinski definition) is 4. The number of hydrogen-bond donors (Lipinski definition) is 1. The molecule has 1 aromatic carbocycles. The van der Waals surface area contributed by atoms with Gasteiger partial charge in [0.15, 0.2) is 0 Å². The van der Waals surface area contributed by atoms with E-state index in [0.29, 0.717) is 0 Å². The monoisotopic (exact) mass is 198 g/mol. The number of thioether (sulfide) groups is 1. The summed E-state index contributed by atoms with van der Waals surface area (Å²) >= 11 is 1.56. The largest absolute Gasteiger partial charge is 0.393 e. The molecule has 70 valence electrons. The van der Waals surface area contributed by atoms with Gasteiger partial charge in [-0.3, -0.25) is 10.1 Å². The predicted molar refractivity (Wildman–Crippen MR) is 53.9 cm³/mol. The Morgan fingerprint density at radius 2 is 2.31 bits per heavy atom. The fourth-order valence-electron chi connectivity index (χ4n) is 0.938. The second-order valence-corrected chi connectivity index (χ2v) is 3.75. The lowest BCUT2D eigenvalue weighted by Gasteiger charge is -2.00. The van der Waals surface area contributed by atoms with E-state index in [2.05, 4.69) is 0 Å². The topological polar surface area (TPSA) is 69.2 Å². The zero-order chi connectivity index (χ0) is 9.84. The van der Waals surface area contributed by atoms with Crippen LogP contribution in [0.15, 0.2) is 23.1 Å². The normalized spacial score (nSPS) is 9.92. The molecule has 0 saturated heterocycles. The van der Waals surface area contributed by atoms with Gasteiger partial charge in [-0.1, -0.05) is 6.92 Å². The van der Waals surface area contributed by atoms with Crippen LogP contribution >= 0.6 is 11.8 Å². The third kappa shape index (κ3) is 2.35. The summed E-state index contributed by atoms with van der Waals surface area (Å²) in [6.07, 6.45) is 0. The van der Waals surface area contributed by atoms with Gasteiger partial charge >= 0.3 is 0 Å². The number of nitrogen functional groups attached to an aromatic ring is 1. The molecule has 0 radical (unpaired) electrons. The lowest BCUT2D eigenvalue weighted by atomic mass is 10.3. The average molecular weight is 198 g/mol. The molecular weight excluding hydrogens is 188 g/mol. The predicted octanol–water partition coefficient (Wildman–Crippen LogP) is 2.29. The van der Waals surface area contributed by atoms with Gasteiger partial charge in [-0.2, -0.15) is 0 Å². The van der Waals surface area contributed by atoms with Crippen LogP contribution in [0.5, 0.6) is 0 Å². The van der Waals surface area contributed by atoms with E-state index in [9.17, 15) is 10.1 Å². The Morgan fingerprint density at radius 1 is 1.62 bits per heavy atom. The number of rotatable bonds is 3. The highest BCUT2D eigenvalue weighted by Gasteiger charge is 2.11. The van der Waals surface area contributed by atoms with E-state index in [4.69, 9.17) is 5.73 Å². The number of nitro benzene ring substituents is 1. The Labute approximate surface area is 80.3 Å². The van der Waals surface area contributed by atoms with E-state index >= 15 is 0 Å². The summed E-state index contributed by atoms with van der Waals surface area (Å²) in [5.41, 5.74) is 5.63. The van der Waals surface area contributed by atoms with Crippen molar-refractivity contribution in [2.75, 3.05) is 11.5 Å². The van der Waals surface area contributed by atoms with Gasteiger partial charge in [-0.15, -0.1) is 11.8 Å². The van der Waals surface area contributed by atoms with Crippen molar-refractivity contribution in [3.63, 3.8) is 0 Å². The van der Waals surface area contributed by atoms with Crippen molar-refractivity contribution in [1.82, 2.24) is 0 Å². The molecule has 1 aromatic rings. The summed E-state index contributed by atoms with van der Waals surface area (Å²) < 4.78 is 0. The first-order valence-electron chi connectivity index (χ1n) is 3.82. The maximum atomic E-state index is 10.5. The summed E-state index contributed by atoms with van der Waals surface area (Å²) in [6.45, 7) is 1.99. The van der Waals surface area contributed by atoms with Crippen molar-refractivity contribution in [1.29, 1.82) is 0 Å². The zero-order valence-electron chi connectivity index (χ0n) is 7.19. The maximum Gasteiger partial charge on any atom is 0.293 e. The molecule has 1 rings (SSSR count). The summed E-state index contributed by atoms with van der Waals surface area (Å²) in [5.74, 6) is 0.890. The third-order valence-corrected chi connectivity index (χ3v) is 2.39. The summed E-state index contributed by atoms with van der Waals surface area (Å²) in [7, 11) is 0. The van der Waals surface area contributed by atoms with Crippen LogP contribution in [0.1, 0.15) is 6.92 Å². The first-order chi connectivity index (χ1) is 6.15. The smallest absolute Gasteiger partial charge is 0.293 e. The van der Waals surface area contributed by atoms with Crippen molar-refractivity contribution < 1.29 is 4.92 Å². The quantitative estimate of drug-likeness (QED) is 0.350. The molecule has 0 fully saturated rings. The molecule has 2 N–H and O–H groups in total. The van der Waals surface area contributed by atoms with Gasteiger partial charge in [0.25, 0.3) is 5.69 Å². The standard InChI is InChI=1S/C8H10N2O2S/c1-2-13-6-3-4-7(9)8(5-6)10(11)12/h3-5H,2,9H2,1H3. The zero-order valence-corrected chi connectivity index (χ0v) is 8.00.